The van der Waals surface area contributed by atoms with Crippen molar-refractivity contribution >= 4 is 11.3 Å². The molecule has 0 amide bonds. The van der Waals surface area contributed by atoms with E-state index in [4.69, 9.17) is 0 Å². The minimum absolute atomic E-state index is 0.0843. The molecule has 0 saturated carbocycles. The fourth-order valence-electron chi connectivity index (χ4n) is 2.31. The molecular weight excluding hydrogens is 310 g/mol. The monoisotopic (exact) mass is 323 g/mol. The number of benzene rings is 1. The van der Waals surface area contributed by atoms with E-state index in [-0.39, 0.29) is 6.04 Å². The molecule has 0 bridgehead atoms. The molecule has 114 valence electrons. The van der Waals surface area contributed by atoms with Gasteiger partial charge >= 0.3 is 0 Å². The maximum Gasteiger partial charge on any atom is 0.145 e. The first-order chi connectivity index (χ1) is 11.3. The first-order valence-electron chi connectivity index (χ1n) is 7.08. The second-order valence-electron chi connectivity index (χ2n) is 5.03. The van der Waals surface area contributed by atoms with Crippen LogP contribution in [0.25, 0.3) is 16.4 Å². The summed E-state index contributed by atoms with van der Waals surface area (Å²) in [6.45, 7) is 2.09. The van der Waals surface area contributed by atoms with E-state index in [9.17, 15) is 0 Å². The Hall–Kier alpha value is -2.87. The first kappa shape index (κ1) is 13.8. The van der Waals surface area contributed by atoms with Crippen LogP contribution in [0.2, 0.25) is 0 Å². The van der Waals surface area contributed by atoms with Crippen molar-refractivity contribution < 1.29 is 0 Å². The topological polar surface area (TPSA) is 74.3 Å². The van der Waals surface area contributed by atoms with E-state index in [1.54, 1.807) is 28.5 Å². The molecule has 7 nitrogen and oxygen atoms in total. The molecule has 0 radical (unpaired) electrons. The number of hydrogen-bond acceptors (Lipinski definition) is 6. The molecule has 0 aliphatic carbocycles. The summed E-state index contributed by atoms with van der Waals surface area (Å²) in [7, 11) is 0. The molecule has 0 aliphatic heterocycles. The summed E-state index contributed by atoms with van der Waals surface area (Å²) < 4.78 is 3.58. The summed E-state index contributed by atoms with van der Waals surface area (Å²) in [4.78, 5) is 8.21. The van der Waals surface area contributed by atoms with Gasteiger partial charge in [-0.3, -0.25) is 0 Å². The normalized spacial score (nSPS) is 12.4. The average Bonchev–Trinajstić information content (AvgIpc) is 3.36. The van der Waals surface area contributed by atoms with Crippen molar-refractivity contribution in [3.63, 3.8) is 0 Å². The van der Waals surface area contributed by atoms with Crippen LogP contribution in [0.5, 0.6) is 0 Å². The van der Waals surface area contributed by atoms with E-state index in [1.807, 2.05) is 28.4 Å². The van der Waals surface area contributed by atoms with Crippen LogP contribution in [-0.2, 0) is 0 Å². The minimum Gasteiger partial charge on any atom is -0.245 e. The van der Waals surface area contributed by atoms with Crippen LogP contribution in [0.15, 0.2) is 54.7 Å². The minimum atomic E-state index is 0.0843. The Bertz CT molecular complexity index is 878. The fourth-order valence-corrected chi connectivity index (χ4v) is 2.90. The third kappa shape index (κ3) is 2.64. The molecule has 1 aromatic carbocycles. The van der Waals surface area contributed by atoms with Crippen molar-refractivity contribution in [3.8, 4) is 16.4 Å². The van der Waals surface area contributed by atoms with Gasteiger partial charge < -0.3 is 0 Å². The van der Waals surface area contributed by atoms with Gasteiger partial charge in [-0.1, -0.05) is 17.3 Å². The van der Waals surface area contributed by atoms with Crippen molar-refractivity contribution in [1.29, 1.82) is 0 Å². The van der Waals surface area contributed by atoms with Gasteiger partial charge in [0.15, 0.2) is 0 Å². The van der Waals surface area contributed by atoms with Crippen LogP contribution >= 0.6 is 11.3 Å². The predicted molar refractivity (Wildman–Crippen MR) is 86.3 cm³/mol. The predicted octanol–water partition coefficient (Wildman–Crippen LogP) is 2.59. The van der Waals surface area contributed by atoms with Crippen molar-refractivity contribution in [2.45, 2.75) is 13.0 Å². The lowest BCUT2D eigenvalue weighted by Gasteiger charge is -2.12. The van der Waals surface area contributed by atoms with Gasteiger partial charge in [0.1, 0.15) is 23.4 Å². The first-order valence-corrected chi connectivity index (χ1v) is 7.96. The summed E-state index contributed by atoms with van der Waals surface area (Å²) in [5, 5.41) is 15.4. The Morgan fingerprint density at radius 1 is 1.17 bits per heavy atom. The molecule has 4 aromatic rings. The lowest BCUT2D eigenvalue weighted by molar-refractivity contribution is 0.543. The summed E-state index contributed by atoms with van der Waals surface area (Å²) in [5.41, 5.74) is 2.91. The van der Waals surface area contributed by atoms with Crippen molar-refractivity contribution in [2.24, 2.45) is 0 Å². The number of aromatic nitrogens is 7. The SMILES string of the molecule is C[C@@H](c1ccc(-n2cncn2)cc1)n1cc(-c2nccs2)nn1. The van der Waals surface area contributed by atoms with E-state index in [1.165, 1.54) is 6.33 Å². The standard InChI is InChI=1S/C15H13N7S/c1-11(21-8-14(19-20-21)15-17-6-7-23-15)12-2-4-13(5-3-12)22-10-16-9-18-22/h2-11H,1H3/t11-/m0/s1. The maximum atomic E-state index is 4.26. The van der Waals surface area contributed by atoms with Crippen molar-refractivity contribution in [2.75, 3.05) is 0 Å². The Balaban J connectivity index is 1.58. The summed E-state index contributed by atoms with van der Waals surface area (Å²) in [6.07, 6.45) is 6.89. The lowest BCUT2D eigenvalue weighted by atomic mass is 10.1. The molecule has 0 fully saturated rings. The van der Waals surface area contributed by atoms with Crippen LogP contribution in [-0.4, -0.2) is 34.7 Å². The zero-order valence-electron chi connectivity index (χ0n) is 12.3. The average molecular weight is 323 g/mol. The highest BCUT2D eigenvalue weighted by atomic mass is 32.1. The molecule has 8 heteroatoms. The van der Waals surface area contributed by atoms with Crippen LogP contribution in [0, 0.1) is 0 Å². The molecule has 0 N–H and O–H groups in total. The third-order valence-corrected chi connectivity index (χ3v) is 4.41. The molecule has 0 unspecified atom stereocenters. The molecule has 3 aromatic heterocycles. The third-order valence-electron chi connectivity index (χ3n) is 3.62. The largest absolute Gasteiger partial charge is 0.245 e. The lowest BCUT2D eigenvalue weighted by Crippen LogP contribution is -2.07. The van der Waals surface area contributed by atoms with Crippen molar-refractivity contribution in [1.82, 2.24) is 34.7 Å². The zero-order chi connectivity index (χ0) is 15.6. The number of nitrogens with zero attached hydrogens (tertiary/aromatic N) is 7. The van der Waals surface area contributed by atoms with Gasteiger partial charge in [-0.05, 0) is 24.6 Å². The summed E-state index contributed by atoms with van der Waals surface area (Å²) in [5.74, 6) is 0. The summed E-state index contributed by atoms with van der Waals surface area (Å²) in [6, 6.07) is 8.23. The molecule has 0 saturated heterocycles. The number of rotatable bonds is 4. The molecular formula is C15H13N7S. The maximum absolute atomic E-state index is 4.26. The second-order valence-corrected chi connectivity index (χ2v) is 5.92. The van der Waals surface area contributed by atoms with E-state index >= 15 is 0 Å². The zero-order valence-corrected chi connectivity index (χ0v) is 13.1. The fraction of sp³-hybridized carbons (Fsp3) is 0.133. The van der Waals surface area contributed by atoms with Crippen LogP contribution < -0.4 is 0 Å². The van der Waals surface area contributed by atoms with Gasteiger partial charge in [0.25, 0.3) is 0 Å². The Morgan fingerprint density at radius 2 is 2.04 bits per heavy atom. The van der Waals surface area contributed by atoms with Crippen LogP contribution in [0.3, 0.4) is 0 Å². The highest BCUT2D eigenvalue weighted by Crippen LogP contribution is 2.23. The quantitative estimate of drug-likeness (QED) is 0.577. The van der Waals surface area contributed by atoms with Gasteiger partial charge in [-0.2, -0.15) is 5.10 Å². The second kappa shape index (κ2) is 5.73. The molecule has 0 aliphatic rings. The van der Waals surface area contributed by atoms with Crippen molar-refractivity contribution in [3.05, 3.63) is 60.3 Å². The smallest absolute Gasteiger partial charge is 0.145 e. The van der Waals surface area contributed by atoms with Crippen LogP contribution in [0.4, 0.5) is 0 Å². The number of hydrogen-bond donors (Lipinski definition) is 0. The molecule has 1 atom stereocenters. The Kier molecular flexibility index (Phi) is 3.43. The van der Waals surface area contributed by atoms with Gasteiger partial charge in [0.05, 0.1) is 17.9 Å². The van der Waals surface area contributed by atoms with E-state index in [0.717, 1.165) is 22.0 Å². The highest BCUT2D eigenvalue weighted by molar-refractivity contribution is 7.13. The van der Waals surface area contributed by atoms with E-state index < -0.39 is 0 Å². The Morgan fingerprint density at radius 3 is 2.74 bits per heavy atom. The molecule has 0 spiro atoms. The molecule has 23 heavy (non-hydrogen) atoms. The Labute approximate surface area is 136 Å². The van der Waals surface area contributed by atoms with E-state index in [0.29, 0.717) is 0 Å². The molecule has 4 rings (SSSR count). The highest BCUT2D eigenvalue weighted by Gasteiger charge is 2.12. The van der Waals surface area contributed by atoms with Gasteiger partial charge in [0.2, 0.25) is 0 Å². The number of thiazole rings is 1. The van der Waals surface area contributed by atoms with Gasteiger partial charge in [-0.25, -0.2) is 19.3 Å². The summed E-state index contributed by atoms with van der Waals surface area (Å²) >= 11 is 1.55. The van der Waals surface area contributed by atoms with E-state index in [2.05, 4.69) is 44.4 Å². The molecule has 3 heterocycles. The van der Waals surface area contributed by atoms with Gasteiger partial charge in [-0.15, -0.1) is 16.4 Å². The van der Waals surface area contributed by atoms with Gasteiger partial charge in [0, 0.05) is 11.6 Å². The van der Waals surface area contributed by atoms with Crippen LogP contribution in [0.1, 0.15) is 18.5 Å².